The number of ether oxygens (including phenoxy) is 1. The Kier molecular flexibility index (Phi) is 4.45. The van der Waals surface area contributed by atoms with Crippen LogP contribution in [0.4, 0.5) is 0 Å². The Morgan fingerprint density at radius 3 is 2.92 bits per heavy atom. The predicted octanol–water partition coefficient (Wildman–Crippen LogP) is 0.885. The largest absolute Gasteiger partial charge is 0.451 e. The molecule has 0 saturated carbocycles. The Balaban J connectivity index is 1.71. The van der Waals surface area contributed by atoms with Gasteiger partial charge < -0.3 is 4.74 Å². The van der Waals surface area contributed by atoms with E-state index in [1.165, 1.54) is 4.52 Å². The van der Waals surface area contributed by atoms with Crippen LogP contribution in [0.3, 0.4) is 0 Å². The first-order valence-corrected chi connectivity index (χ1v) is 7.71. The molecular formula is C14H18N8O2. The summed E-state index contributed by atoms with van der Waals surface area (Å²) in [6, 6.07) is 1.86. The first kappa shape index (κ1) is 16.0. The minimum absolute atomic E-state index is 0.0312. The number of tetrazole rings is 1. The lowest BCUT2D eigenvalue weighted by Crippen LogP contribution is -2.12. The van der Waals surface area contributed by atoms with Crippen LogP contribution in [0.2, 0.25) is 0 Å². The highest BCUT2D eigenvalue weighted by atomic mass is 16.5. The first-order valence-electron chi connectivity index (χ1n) is 7.71. The Morgan fingerprint density at radius 2 is 2.12 bits per heavy atom. The molecule has 0 bridgehead atoms. The summed E-state index contributed by atoms with van der Waals surface area (Å²) >= 11 is 0. The van der Waals surface area contributed by atoms with Crippen LogP contribution in [0.15, 0.2) is 6.07 Å². The van der Waals surface area contributed by atoms with Crippen molar-refractivity contribution < 1.29 is 9.53 Å². The minimum atomic E-state index is -0.636. The van der Waals surface area contributed by atoms with Gasteiger partial charge in [0.2, 0.25) is 0 Å². The fourth-order valence-corrected chi connectivity index (χ4v) is 2.26. The van der Waals surface area contributed by atoms with Gasteiger partial charge in [0.25, 0.3) is 11.6 Å². The number of unbranched alkanes of at least 4 members (excludes halogenated alkanes) is 1. The molecule has 0 N–H and O–H groups in total. The summed E-state index contributed by atoms with van der Waals surface area (Å²) in [5.74, 6) is 0.185. The number of fused-ring (bicyclic) bond motifs is 1. The lowest BCUT2D eigenvalue weighted by Gasteiger charge is -2.03. The molecule has 0 aliphatic rings. The van der Waals surface area contributed by atoms with Gasteiger partial charge in [-0.05, 0) is 36.8 Å². The number of hydrogen-bond acceptors (Lipinski definition) is 8. The fourth-order valence-electron chi connectivity index (χ4n) is 2.26. The summed E-state index contributed by atoms with van der Waals surface area (Å²) in [6.07, 6.45) is 1.97. The summed E-state index contributed by atoms with van der Waals surface area (Å²) in [5.41, 5.74) is 1.65. The Bertz CT molecular complexity index is 869. The van der Waals surface area contributed by atoms with E-state index in [4.69, 9.17) is 4.74 Å². The molecule has 0 radical (unpaired) electrons. The van der Waals surface area contributed by atoms with Crippen molar-refractivity contribution in [2.75, 3.05) is 0 Å². The van der Waals surface area contributed by atoms with Crippen LogP contribution in [0.25, 0.3) is 5.78 Å². The number of aromatic nitrogens is 8. The third-order valence-electron chi connectivity index (χ3n) is 3.46. The van der Waals surface area contributed by atoms with Crippen LogP contribution >= 0.6 is 0 Å². The highest BCUT2D eigenvalue weighted by molar-refractivity contribution is 5.85. The van der Waals surface area contributed by atoms with Gasteiger partial charge in [-0.2, -0.15) is 4.98 Å². The molecule has 0 unspecified atom stereocenters. The van der Waals surface area contributed by atoms with Crippen molar-refractivity contribution in [2.24, 2.45) is 0 Å². The number of nitrogens with zero attached hydrogens (tertiary/aromatic N) is 8. The number of rotatable bonds is 6. The minimum Gasteiger partial charge on any atom is -0.451 e. The van der Waals surface area contributed by atoms with Gasteiger partial charge in [-0.1, -0.05) is 13.3 Å². The maximum Gasteiger partial charge on any atom is 0.378 e. The second-order valence-electron chi connectivity index (χ2n) is 5.43. The van der Waals surface area contributed by atoms with E-state index in [9.17, 15) is 4.79 Å². The van der Waals surface area contributed by atoms with Crippen molar-refractivity contribution >= 4 is 11.7 Å². The zero-order valence-electron chi connectivity index (χ0n) is 13.8. The van der Waals surface area contributed by atoms with E-state index in [0.29, 0.717) is 18.1 Å². The molecule has 0 aliphatic heterocycles. The number of carbonyl (C=O) groups is 1. The highest BCUT2D eigenvalue weighted by Gasteiger charge is 2.18. The zero-order valence-corrected chi connectivity index (χ0v) is 13.8. The van der Waals surface area contributed by atoms with Gasteiger partial charge >= 0.3 is 5.97 Å². The van der Waals surface area contributed by atoms with Crippen LogP contribution in [0.1, 0.15) is 47.6 Å². The number of hydrogen-bond donors (Lipinski definition) is 0. The van der Waals surface area contributed by atoms with Crippen LogP contribution < -0.4 is 0 Å². The average molecular weight is 330 g/mol. The molecule has 0 amide bonds. The van der Waals surface area contributed by atoms with E-state index in [0.717, 1.165) is 24.2 Å². The molecule has 3 aromatic heterocycles. The normalized spacial score (nSPS) is 11.1. The molecular weight excluding hydrogens is 312 g/mol. The standard InChI is InChI=1S/C14H18N8O2/c1-4-5-6-21-11(17-19-20-21)8-24-13(23)12-16-14-15-9(2)7-10(3)22(14)18-12/h7H,4-6,8H2,1-3H3. The number of esters is 1. The molecule has 3 aromatic rings. The maximum atomic E-state index is 12.2. The Hall–Kier alpha value is -2.91. The molecule has 0 aliphatic carbocycles. The average Bonchev–Trinajstić information content (AvgIpc) is 3.17. The van der Waals surface area contributed by atoms with Crippen molar-refractivity contribution in [1.82, 2.24) is 39.8 Å². The molecule has 0 spiro atoms. The van der Waals surface area contributed by atoms with Gasteiger partial charge in [0.15, 0.2) is 12.4 Å². The van der Waals surface area contributed by atoms with Crippen LogP contribution in [0, 0.1) is 13.8 Å². The van der Waals surface area contributed by atoms with Crippen LogP contribution in [-0.4, -0.2) is 45.8 Å². The SMILES string of the molecule is CCCCn1nnnc1COC(=O)c1nc2nc(C)cc(C)n2n1. The quantitative estimate of drug-likeness (QED) is 0.612. The molecule has 3 rings (SSSR count). The predicted molar refractivity (Wildman–Crippen MR) is 82.1 cm³/mol. The summed E-state index contributed by atoms with van der Waals surface area (Å²) in [5, 5.41) is 15.5. The lowest BCUT2D eigenvalue weighted by atomic mass is 10.3. The third kappa shape index (κ3) is 3.21. The Morgan fingerprint density at radius 1 is 1.29 bits per heavy atom. The van der Waals surface area contributed by atoms with E-state index in [2.05, 4.69) is 37.5 Å². The lowest BCUT2D eigenvalue weighted by molar-refractivity contribution is 0.0442. The molecule has 0 aromatic carbocycles. The third-order valence-corrected chi connectivity index (χ3v) is 3.46. The number of aryl methyl sites for hydroxylation is 3. The van der Waals surface area contributed by atoms with Crippen LogP contribution in [0.5, 0.6) is 0 Å². The molecule has 0 saturated heterocycles. The van der Waals surface area contributed by atoms with Crippen molar-refractivity contribution in [1.29, 1.82) is 0 Å². The molecule has 3 heterocycles. The van der Waals surface area contributed by atoms with Gasteiger partial charge in [0.05, 0.1) is 0 Å². The molecule has 0 fully saturated rings. The van der Waals surface area contributed by atoms with E-state index in [1.54, 1.807) is 4.68 Å². The fraction of sp³-hybridized carbons (Fsp3) is 0.500. The topological polar surface area (TPSA) is 113 Å². The molecule has 10 nitrogen and oxygen atoms in total. The van der Waals surface area contributed by atoms with Crippen molar-refractivity contribution in [3.05, 3.63) is 29.1 Å². The van der Waals surface area contributed by atoms with Crippen LogP contribution in [-0.2, 0) is 17.9 Å². The van der Waals surface area contributed by atoms with Gasteiger partial charge in [0.1, 0.15) is 0 Å². The van der Waals surface area contributed by atoms with Crippen molar-refractivity contribution in [3.8, 4) is 0 Å². The molecule has 126 valence electrons. The Labute approximate surface area is 137 Å². The second kappa shape index (κ2) is 6.69. The summed E-state index contributed by atoms with van der Waals surface area (Å²) in [4.78, 5) is 20.5. The number of carbonyl (C=O) groups excluding carboxylic acids is 1. The summed E-state index contributed by atoms with van der Waals surface area (Å²) < 4.78 is 8.36. The van der Waals surface area contributed by atoms with Gasteiger partial charge in [-0.15, -0.1) is 10.2 Å². The molecule has 0 atom stereocenters. The zero-order chi connectivity index (χ0) is 17.1. The summed E-state index contributed by atoms with van der Waals surface area (Å²) in [7, 11) is 0. The first-order chi connectivity index (χ1) is 11.6. The highest BCUT2D eigenvalue weighted by Crippen LogP contribution is 2.07. The monoisotopic (exact) mass is 330 g/mol. The smallest absolute Gasteiger partial charge is 0.378 e. The van der Waals surface area contributed by atoms with Crippen molar-refractivity contribution in [2.45, 2.75) is 46.8 Å². The maximum absolute atomic E-state index is 12.2. The van der Waals surface area contributed by atoms with E-state index >= 15 is 0 Å². The van der Waals surface area contributed by atoms with Gasteiger partial charge in [0, 0.05) is 17.9 Å². The van der Waals surface area contributed by atoms with Gasteiger partial charge in [-0.25, -0.2) is 19.0 Å². The molecule has 24 heavy (non-hydrogen) atoms. The molecule has 10 heteroatoms. The van der Waals surface area contributed by atoms with E-state index in [-0.39, 0.29) is 12.4 Å². The summed E-state index contributed by atoms with van der Waals surface area (Å²) in [6.45, 7) is 6.46. The van der Waals surface area contributed by atoms with E-state index < -0.39 is 5.97 Å². The van der Waals surface area contributed by atoms with E-state index in [1.807, 2.05) is 19.9 Å². The second-order valence-corrected chi connectivity index (χ2v) is 5.43. The van der Waals surface area contributed by atoms with Crippen molar-refractivity contribution in [3.63, 3.8) is 0 Å². The van der Waals surface area contributed by atoms with Gasteiger partial charge in [-0.3, -0.25) is 0 Å².